The number of nitro groups is 1. The van der Waals surface area contributed by atoms with Crippen LogP contribution >= 0.6 is 0 Å². The number of carbonyl (C=O) groups excluding carboxylic acids is 1. The lowest BCUT2D eigenvalue weighted by molar-refractivity contribution is -0.384. The van der Waals surface area contributed by atoms with Crippen molar-refractivity contribution in [1.82, 2.24) is 0 Å². The minimum Gasteiger partial charge on any atom is -0.339 e. The van der Waals surface area contributed by atoms with Crippen LogP contribution in [-0.4, -0.2) is 25.1 Å². The van der Waals surface area contributed by atoms with Crippen LogP contribution in [0.15, 0.2) is 76.0 Å². The summed E-state index contributed by atoms with van der Waals surface area (Å²) in [4.78, 5) is 23.1. The molecule has 0 saturated carbocycles. The number of nitrogens with one attached hydrogen (secondary N) is 2. The number of aryl methyl sites for hydroxylation is 1. The lowest BCUT2D eigenvalue weighted by Crippen LogP contribution is -2.14. The predicted molar refractivity (Wildman–Crippen MR) is 116 cm³/mol. The van der Waals surface area contributed by atoms with Gasteiger partial charge in [0.2, 0.25) is 0 Å². The molecule has 31 heavy (non-hydrogen) atoms. The Morgan fingerprint density at radius 3 is 2.45 bits per heavy atom. The molecular weight excluding hydrogens is 420 g/mol. The van der Waals surface area contributed by atoms with E-state index in [-0.39, 0.29) is 16.4 Å². The Hall–Kier alpha value is -4.05. The maximum absolute atomic E-state index is 12.5. The van der Waals surface area contributed by atoms with E-state index in [9.17, 15) is 23.3 Å². The molecule has 1 aliphatic rings. The van der Waals surface area contributed by atoms with Gasteiger partial charge in [0.05, 0.1) is 10.6 Å². The highest BCUT2D eigenvalue weighted by Crippen LogP contribution is 2.27. The van der Waals surface area contributed by atoms with Gasteiger partial charge < -0.3 is 10.6 Å². The highest BCUT2D eigenvalue weighted by Gasteiger charge is 2.28. The number of nitrogens with zero attached hydrogens (tertiary/aromatic N) is 2. The van der Waals surface area contributed by atoms with Gasteiger partial charge in [-0.15, -0.1) is 4.40 Å². The number of fused-ring (bicyclic) bond motifs is 1. The standard InChI is InChI=1S/C21H16N4O5S/c1-13-6-11-16(25(27)28)12-18(13)23-21(26)14-7-9-15(10-8-14)22-20-17-4-2-3-5-19(17)31(29,30)24-20/h2-12H,1H3,(H,22,24)(H,23,26). The first kappa shape index (κ1) is 20.2. The third kappa shape index (κ3) is 4.01. The van der Waals surface area contributed by atoms with E-state index < -0.39 is 20.9 Å². The summed E-state index contributed by atoms with van der Waals surface area (Å²) < 4.78 is 28.1. The van der Waals surface area contributed by atoms with Gasteiger partial charge in [-0.25, -0.2) is 0 Å². The largest absolute Gasteiger partial charge is 0.339 e. The smallest absolute Gasteiger partial charge is 0.285 e. The van der Waals surface area contributed by atoms with Crippen molar-refractivity contribution in [2.45, 2.75) is 11.8 Å². The number of anilines is 2. The number of hydrogen-bond donors (Lipinski definition) is 2. The van der Waals surface area contributed by atoms with Crippen molar-refractivity contribution in [3.05, 3.63) is 93.5 Å². The summed E-state index contributed by atoms with van der Waals surface area (Å²) >= 11 is 0. The second-order valence-corrected chi connectivity index (χ2v) is 8.40. The Balaban J connectivity index is 1.51. The number of carbonyl (C=O) groups is 1. The molecule has 0 saturated heterocycles. The fourth-order valence-electron chi connectivity index (χ4n) is 3.09. The Bertz CT molecular complexity index is 1350. The van der Waals surface area contributed by atoms with Crippen molar-refractivity contribution in [1.29, 1.82) is 0 Å². The highest BCUT2D eigenvalue weighted by atomic mass is 32.2. The summed E-state index contributed by atoms with van der Waals surface area (Å²) in [7, 11) is -3.73. The number of amidine groups is 1. The monoisotopic (exact) mass is 436 g/mol. The van der Waals surface area contributed by atoms with Crippen LogP contribution in [0.1, 0.15) is 21.5 Å². The summed E-state index contributed by atoms with van der Waals surface area (Å²) in [5.74, 6) is -0.221. The van der Waals surface area contributed by atoms with Gasteiger partial charge >= 0.3 is 0 Å². The zero-order chi connectivity index (χ0) is 22.2. The summed E-state index contributed by atoms with van der Waals surface area (Å²) in [5.41, 5.74) is 2.28. The van der Waals surface area contributed by atoms with Gasteiger partial charge in [-0.3, -0.25) is 14.9 Å². The highest BCUT2D eigenvalue weighted by molar-refractivity contribution is 7.90. The van der Waals surface area contributed by atoms with Crippen LogP contribution in [0.25, 0.3) is 0 Å². The van der Waals surface area contributed by atoms with Crippen LogP contribution < -0.4 is 10.6 Å². The minimum absolute atomic E-state index is 0.118. The molecule has 1 amide bonds. The van der Waals surface area contributed by atoms with E-state index >= 15 is 0 Å². The van der Waals surface area contributed by atoms with Gasteiger partial charge in [0, 0.05) is 28.9 Å². The maximum Gasteiger partial charge on any atom is 0.285 e. The molecular formula is C21H16N4O5S. The number of hydrogen-bond acceptors (Lipinski definition) is 6. The first-order chi connectivity index (χ1) is 14.7. The molecule has 4 rings (SSSR count). The van der Waals surface area contributed by atoms with Crippen LogP contribution in [0.5, 0.6) is 0 Å². The normalized spacial score (nSPS) is 13.8. The molecule has 1 aliphatic heterocycles. The Morgan fingerprint density at radius 1 is 1.03 bits per heavy atom. The fraction of sp³-hybridized carbons (Fsp3) is 0.0476. The van der Waals surface area contributed by atoms with Gasteiger partial charge in [0.15, 0.2) is 5.84 Å². The topological polar surface area (TPSA) is 131 Å². The van der Waals surface area contributed by atoms with E-state index in [0.717, 1.165) is 0 Å². The average Bonchev–Trinajstić information content (AvgIpc) is 3.00. The summed E-state index contributed by atoms with van der Waals surface area (Å²) in [6.07, 6.45) is 0. The van der Waals surface area contributed by atoms with Gasteiger partial charge in [-0.1, -0.05) is 18.2 Å². The third-order valence-electron chi connectivity index (χ3n) is 4.72. The maximum atomic E-state index is 12.5. The van der Waals surface area contributed by atoms with Crippen molar-refractivity contribution >= 4 is 38.8 Å². The van der Waals surface area contributed by atoms with E-state index in [1.807, 2.05) is 0 Å². The van der Waals surface area contributed by atoms with E-state index in [0.29, 0.717) is 28.1 Å². The molecule has 0 bridgehead atoms. The van der Waals surface area contributed by atoms with E-state index in [2.05, 4.69) is 15.0 Å². The number of sulfonamides is 1. The molecule has 3 aromatic rings. The molecule has 0 aromatic heterocycles. The number of benzene rings is 3. The van der Waals surface area contributed by atoms with E-state index in [1.165, 1.54) is 18.2 Å². The van der Waals surface area contributed by atoms with Crippen molar-refractivity contribution in [2.24, 2.45) is 4.40 Å². The Kier molecular flexibility index (Phi) is 4.99. The van der Waals surface area contributed by atoms with Crippen molar-refractivity contribution in [3.8, 4) is 0 Å². The fourth-order valence-corrected chi connectivity index (χ4v) is 4.27. The van der Waals surface area contributed by atoms with Gasteiger partial charge in [-0.2, -0.15) is 8.42 Å². The van der Waals surface area contributed by atoms with Gasteiger partial charge in [0.25, 0.3) is 21.6 Å². The number of non-ortho nitro benzene ring substituents is 1. The molecule has 0 unspecified atom stereocenters. The summed E-state index contributed by atoms with van der Waals surface area (Å²) in [5, 5.41) is 16.6. The van der Waals surface area contributed by atoms with Crippen molar-refractivity contribution in [2.75, 3.05) is 10.6 Å². The van der Waals surface area contributed by atoms with Crippen LogP contribution in [-0.2, 0) is 10.0 Å². The summed E-state index contributed by atoms with van der Waals surface area (Å²) in [6.45, 7) is 1.74. The van der Waals surface area contributed by atoms with Crippen LogP contribution in [0.4, 0.5) is 17.1 Å². The molecule has 0 radical (unpaired) electrons. The molecule has 1 heterocycles. The van der Waals surface area contributed by atoms with Crippen molar-refractivity contribution < 1.29 is 18.1 Å². The lowest BCUT2D eigenvalue weighted by Gasteiger charge is -2.10. The van der Waals surface area contributed by atoms with Gasteiger partial charge in [0.1, 0.15) is 4.90 Å². The quantitative estimate of drug-likeness (QED) is 0.473. The molecule has 3 aromatic carbocycles. The number of rotatable bonds is 4. The average molecular weight is 436 g/mol. The molecule has 156 valence electrons. The van der Waals surface area contributed by atoms with Crippen molar-refractivity contribution in [3.63, 3.8) is 0 Å². The third-order valence-corrected chi connectivity index (χ3v) is 6.06. The first-order valence-corrected chi connectivity index (χ1v) is 10.6. The van der Waals surface area contributed by atoms with E-state index in [1.54, 1.807) is 55.5 Å². The Labute approximate surface area is 177 Å². The van der Waals surface area contributed by atoms with Crippen LogP contribution in [0.3, 0.4) is 0 Å². The number of nitro benzene ring substituents is 1. The minimum atomic E-state index is -3.73. The molecule has 0 aliphatic carbocycles. The SMILES string of the molecule is Cc1ccc([N+](=O)[O-])cc1NC(=O)c1ccc(NC2=NS(=O)(=O)c3ccccc32)cc1. The first-order valence-electron chi connectivity index (χ1n) is 9.12. The molecule has 10 heteroatoms. The zero-order valence-corrected chi connectivity index (χ0v) is 17.0. The van der Waals surface area contributed by atoms with Gasteiger partial charge in [-0.05, 0) is 48.9 Å². The molecule has 0 spiro atoms. The molecule has 9 nitrogen and oxygen atoms in total. The predicted octanol–water partition coefficient (Wildman–Crippen LogP) is 3.72. The second-order valence-electron chi connectivity index (χ2n) is 6.82. The summed E-state index contributed by atoms with van der Waals surface area (Å²) in [6, 6.07) is 17.1. The molecule has 2 N–H and O–H groups in total. The zero-order valence-electron chi connectivity index (χ0n) is 16.2. The van der Waals surface area contributed by atoms with Crippen LogP contribution in [0, 0.1) is 17.0 Å². The Morgan fingerprint density at radius 2 is 1.74 bits per heavy atom. The lowest BCUT2D eigenvalue weighted by atomic mass is 10.1. The second kappa shape index (κ2) is 7.65. The van der Waals surface area contributed by atoms with Crippen LogP contribution in [0.2, 0.25) is 0 Å². The molecule has 0 fully saturated rings. The number of amides is 1. The molecule has 0 atom stereocenters. The van der Waals surface area contributed by atoms with E-state index in [4.69, 9.17) is 0 Å².